The summed E-state index contributed by atoms with van der Waals surface area (Å²) in [4.78, 5) is 51.6. The molecule has 0 bridgehead atoms. The van der Waals surface area contributed by atoms with E-state index in [0.717, 1.165) is 24.9 Å². The number of aromatic nitrogens is 4. The van der Waals surface area contributed by atoms with Gasteiger partial charge in [-0.25, -0.2) is 9.59 Å². The Bertz CT molecular complexity index is 3020. The first-order valence-corrected chi connectivity index (χ1v) is 39.6. The van der Waals surface area contributed by atoms with Crippen LogP contribution >= 0.6 is 35.3 Å². The molecule has 0 radical (unpaired) electrons. The van der Waals surface area contributed by atoms with Crippen molar-refractivity contribution in [2.75, 3.05) is 13.2 Å². The molecular weight excluding hydrogens is 1390 g/mol. The summed E-state index contributed by atoms with van der Waals surface area (Å²) in [6.45, 7) is 58.0. The quantitative estimate of drug-likeness (QED) is 0.0285. The fraction of sp³-hybridized carbons (Fsp3) is 0.649. The van der Waals surface area contributed by atoms with Crippen molar-refractivity contribution in [3.05, 3.63) is 162 Å². The van der Waals surface area contributed by atoms with Crippen LogP contribution in [-0.4, -0.2) is 169 Å². The van der Waals surface area contributed by atoms with Crippen LogP contribution in [0.1, 0.15) is 215 Å². The van der Waals surface area contributed by atoms with E-state index in [1.807, 2.05) is 69.3 Å². The first-order valence-electron chi connectivity index (χ1n) is 35.0. The predicted octanol–water partition coefficient (Wildman–Crippen LogP) is 12.3. The molecule has 5 aromatic rings. The SMILES string of the molecule is CC(C)N(C(C)C)P(Cl)N(C(C)C)C(C)C.CC(C)N(C(C)C)P(c1ccccc1)N(C(C)C)C(C)C.CCOCC.CC[C@H]1O[C@@H](n2cc(C)c(=O)[nH]c2=O)C[C@@H]1O.CC[C@H]1O[C@@H](n2cc(C)c(=O)[nH]c2=O)C[C@@H]1OP(c1ccccc1)N(C(C)C)C(C)C.[Br-].[Mg+2].[c-]1ccccc1. The zero-order chi connectivity index (χ0) is 72.8. The van der Waals surface area contributed by atoms with Crippen molar-refractivity contribution in [3.63, 3.8) is 0 Å². The van der Waals surface area contributed by atoms with E-state index in [4.69, 9.17) is 30.0 Å². The molecule has 7 atom stereocenters. The monoisotopic (exact) mass is 1520 g/mol. The Morgan fingerprint density at radius 2 is 0.857 bits per heavy atom. The number of benzene rings is 3. The van der Waals surface area contributed by atoms with Crippen LogP contribution < -0.4 is 50.1 Å². The number of aliphatic hydroxyl groups is 1. The molecule has 7 rings (SSSR count). The first-order chi connectivity index (χ1) is 45.1. The van der Waals surface area contributed by atoms with Crippen molar-refractivity contribution in [3.8, 4) is 0 Å². The van der Waals surface area contributed by atoms with Gasteiger partial charge in [0.05, 0.1) is 32.6 Å². The normalized spacial score (nSPS) is 18.0. The molecule has 18 nitrogen and oxygen atoms in total. The maximum atomic E-state index is 12.4. The van der Waals surface area contributed by atoms with Gasteiger partial charge in [0.1, 0.15) is 28.3 Å². The van der Waals surface area contributed by atoms with E-state index in [1.54, 1.807) is 20.0 Å². The van der Waals surface area contributed by atoms with Gasteiger partial charge in [0.25, 0.3) is 11.1 Å². The molecule has 2 fully saturated rings. The smallest absolute Gasteiger partial charge is 1.00 e. The van der Waals surface area contributed by atoms with Crippen LogP contribution in [0.2, 0.25) is 0 Å². The number of hydrogen-bond donors (Lipinski definition) is 3. The number of rotatable bonds is 25. The van der Waals surface area contributed by atoms with Crippen LogP contribution in [0.25, 0.3) is 0 Å². The number of H-pyrrole nitrogens is 2. The average molecular weight is 1520 g/mol. The number of ether oxygens (including phenoxy) is 3. The molecule has 2 aliphatic rings. The molecule has 0 saturated carbocycles. The summed E-state index contributed by atoms with van der Waals surface area (Å²) in [6, 6.07) is 38.6. The number of aromatic amines is 2. The molecule has 3 N–H and O–H groups in total. The van der Waals surface area contributed by atoms with Gasteiger partial charge < -0.3 is 40.8 Å². The van der Waals surface area contributed by atoms with Crippen molar-refractivity contribution in [2.24, 2.45) is 0 Å². The number of nitrogens with one attached hydrogen (secondary N) is 2. The van der Waals surface area contributed by atoms with Crippen molar-refractivity contribution < 1.29 is 40.8 Å². The van der Waals surface area contributed by atoms with Crippen LogP contribution in [0.5, 0.6) is 0 Å². The minimum Gasteiger partial charge on any atom is -1.00 e. The van der Waals surface area contributed by atoms with E-state index >= 15 is 0 Å². The van der Waals surface area contributed by atoms with Gasteiger partial charge >= 0.3 is 34.4 Å². The van der Waals surface area contributed by atoms with Crippen LogP contribution in [0.3, 0.4) is 0 Å². The van der Waals surface area contributed by atoms with Gasteiger partial charge in [-0.3, -0.25) is 52.0 Å². The molecule has 2 aliphatic heterocycles. The Morgan fingerprint density at radius 1 is 0.520 bits per heavy atom. The number of aliphatic hydroxyl groups excluding tert-OH is 1. The van der Waals surface area contributed by atoms with Crippen LogP contribution in [0.15, 0.2) is 123 Å². The van der Waals surface area contributed by atoms with E-state index in [0.29, 0.717) is 90.8 Å². The topological polar surface area (TPSA) is 183 Å². The fourth-order valence-corrected chi connectivity index (χ4v) is 20.8. The third kappa shape index (κ3) is 30.6. The van der Waals surface area contributed by atoms with Gasteiger partial charge in [-0.05, 0) is 179 Å². The summed E-state index contributed by atoms with van der Waals surface area (Å²) in [6.07, 6.45) is 3.38. The number of hydrogen-bond acceptors (Lipinski definition) is 14. The molecule has 3 aromatic carbocycles. The van der Waals surface area contributed by atoms with Crippen LogP contribution in [0.4, 0.5) is 0 Å². The molecule has 98 heavy (non-hydrogen) atoms. The van der Waals surface area contributed by atoms with E-state index in [1.165, 1.54) is 20.6 Å². The average Bonchev–Trinajstić information content (AvgIpc) is 1.65. The summed E-state index contributed by atoms with van der Waals surface area (Å²) in [5.41, 5.74) is -0.782. The van der Waals surface area contributed by atoms with Gasteiger partial charge in [-0.15, -0.1) is 0 Å². The largest absolute Gasteiger partial charge is 2.00 e. The third-order valence-electron chi connectivity index (χ3n) is 15.6. The molecule has 24 heteroatoms. The first kappa shape index (κ1) is 95.4. The Hall–Kier alpha value is -2.55. The third-order valence-corrected chi connectivity index (χ3v) is 25.3. The number of halogens is 2. The second kappa shape index (κ2) is 49.2. The summed E-state index contributed by atoms with van der Waals surface area (Å²) >= 11 is 6.71. The predicted molar refractivity (Wildman–Crippen MR) is 413 cm³/mol. The minimum atomic E-state index is -1.04. The van der Waals surface area contributed by atoms with Crippen molar-refractivity contribution in [1.82, 2.24) is 42.5 Å². The van der Waals surface area contributed by atoms with Gasteiger partial charge in [0.2, 0.25) is 0 Å². The zero-order valence-corrected chi connectivity index (χ0v) is 70.9. The van der Waals surface area contributed by atoms with Crippen molar-refractivity contribution >= 4 is 69.0 Å². The van der Waals surface area contributed by atoms with E-state index in [9.17, 15) is 24.3 Å². The van der Waals surface area contributed by atoms with Gasteiger partial charge in [0, 0.05) is 121 Å². The summed E-state index contributed by atoms with van der Waals surface area (Å²) in [5, 5.41) is 12.3. The Labute approximate surface area is 626 Å². The molecule has 0 amide bonds. The standard InChI is InChI=1S/C23H34N3O4P.C18H33N2P.C12H28ClN2P.C11H16N2O4.C6H5.C4H10O.BrH.Mg/c1-7-19-20(13-21(29-19)25-14-17(6)22(27)24-23(25)28)30-31(18-11-9-8-10-12-18)26(15(2)3)16(4)5;1-14(2)19(15(3)4)21(18-12-10-9-11-13-18)20(16(5)6)17(7)8;1-9(2)14(10(3)4)16(13)15(11(5)6)12(7)8;1-3-8-7(14)4-9(17-8)13-5-6(2)10(15)12-11(13)16;1-2-4-6-5-3-1;1-3-5-4-2;;/h8-12,14-16,19-21H,7,13H2,1-6H3,(H,24,27,28);9-17H,1-8H3;9-12H,1-8H3;5,7-9,14H,3-4H2,1-2H3,(H,12,15,16);1-5H;3-4H2,1-2H3;1H;/q;;;;-1;;;+2/p-1/t19-,20+,21-,31?;;;7-,8+,9+;;;;/m1..0..../s1. The molecular formula is C74H126BrClMgN9O9P3. The fourth-order valence-electron chi connectivity index (χ4n) is 11.8. The van der Waals surface area contributed by atoms with Crippen LogP contribution in [-0.2, 0) is 18.7 Å². The maximum absolute atomic E-state index is 12.4. The second-order valence-electron chi connectivity index (χ2n) is 26.9. The minimum absolute atomic E-state index is 0. The summed E-state index contributed by atoms with van der Waals surface area (Å²) in [7, 11) is -2.24. The van der Waals surface area contributed by atoms with Gasteiger partial charge in [-0.2, -0.15) is 36.4 Å². The van der Waals surface area contributed by atoms with E-state index in [2.05, 4.69) is 227 Å². The Kier molecular flexibility index (Phi) is 47.9. The molecule has 2 saturated heterocycles. The van der Waals surface area contributed by atoms with E-state index < -0.39 is 59.6 Å². The number of aryl methyl sites for hydroxylation is 2. The molecule has 0 aliphatic carbocycles. The number of nitrogens with zero attached hydrogens (tertiary/aromatic N) is 7. The molecule has 552 valence electrons. The Morgan fingerprint density at radius 3 is 1.15 bits per heavy atom. The van der Waals surface area contributed by atoms with Crippen LogP contribution in [0, 0.1) is 19.9 Å². The summed E-state index contributed by atoms with van der Waals surface area (Å²) < 4.78 is 38.9. The van der Waals surface area contributed by atoms with Crippen molar-refractivity contribution in [2.45, 2.75) is 303 Å². The zero-order valence-electron chi connectivity index (χ0n) is 64.4. The Balaban J connectivity index is 0.00000124. The van der Waals surface area contributed by atoms with Gasteiger partial charge in [-0.1, -0.05) is 85.8 Å². The molecule has 0 spiro atoms. The molecule has 1 unspecified atom stereocenters. The van der Waals surface area contributed by atoms with Crippen molar-refractivity contribution in [1.29, 1.82) is 0 Å². The van der Waals surface area contributed by atoms with E-state index in [-0.39, 0.29) is 63.9 Å². The molecule has 2 aromatic heterocycles. The summed E-state index contributed by atoms with van der Waals surface area (Å²) in [5.74, 6) is 0. The molecule has 4 heterocycles. The second-order valence-corrected chi connectivity index (χ2v) is 33.0. The maximum Gasteiger partial charge on any atom is 2.00 e. The van der Waals surface area contributed by atoms with Gasteiger partial charge in [0.15, 0.2) is 0 Å².